The zero-order valence-electron chi connectivity index (χ0n) is 12.1. The van der Waals surface area contributed by atoms with E-state index in [-0.39, 0.29) is 21.8 Å². The molecule has 23 heavy (non-hydrogen) atoms. The van der Waals surface area contributed by atoms with Gasteiger partial charge in [0.25, 0.3) is 15.9 Å². The Balaban J connectivity index is 2.40. The van der Waals surface area contributed by atoms with Gasteiger partial charge in [-0.1, -0.05) is 0 Å². The molecule has 0 bridgehead atoms. The van der Waals surface area contributed by atoms with Crippen molar-refractivity contribution in [1.29, 1.82) is 0 Å². The van der Waals surface area contributed by atoms with E-state index in [2.05, 4.69) is 14.8 Å². The SMILES string of the molecule is COC(=O)/C=C(/Nc1ccc2c(c1)S(=O)(=O)NC2=O)C(=O)OC. The lowest BCUT2D eigenvalue weighted by atomic mass is 10.2. The Kier molecular flexibility index (Phi) is 4.36. The fraction of sp³-hybridized carbons (Fsp3) is 0.154. The van der Waals surface area contributed by atoms with Gasteiger partial charge in [0.2, 0.25) is 0 Å². The van der Waals surface area contributed by atoms with Gasteiger partial charge in [-0.2, -0.15) is 0 Å². The molecule has 1 amide bonds. The first-order valence-corrected chi connectivity index (χ1v) is 7.63. The predicted molar refractivity (Wildman–Crippen MR) is 76.8 cm³/mol. The molecule has 1 aliphatic heterocycles. The molecule has 122 valence electrons. The maximum Gasteiger partial charge on any atom is 0.354 e. The molecule has 2 N–H and O–H groups in total. The molecule has 1 aromatic carbocycles. The van der Waals surface area contributed by atoms with Gasteiger partial charge in [-0.3, -0.25) is 4.79 Å². The van der Waals surface area contributed by atoms with Crippen molar-refractivity contribution in [2.45, 2.75) is 4.90 Å². The molecule has 10 heteroatoms. The highest BCUT2D eigenvalue weighted by molar-refractivity contribution is 7.90. The fourth-order valence-electron chi connectivity index (χ4n) is 1.83. The highest BCUT2D eigenvalue weighted by atomic mass is 32.2. The normalized spacial score (nSPS) is 15.4. The van der Waals surface area contributed by atoms with Crippen LogP contribution in [0.25, 0.3) is 0 Å². The van der Waals surface area contributed by atoms with Crippen molar-refractivity contribution < 1.29 is 32.3 Å². The zero-order valence-corrected chi connectivity index (χ0v) is 12.9. The summed E-state index contributed by atoms with van der Waals surface area (Å²) in [5.41, 5.74) is -0.0922. The van der Waals surface area contributed by atoms with Gasteiger partial charge in [0.15, 0.2) is 0 Å². The number of carbonyl (C=O) groups excluding carboxylic acids is 3. The number of anilines is 1. The fourth-order valence-corrected chi connectivity index (χ4v) is 3.03. The monoisotopic (exact) mass is 340 g/mol. The number of ether oxygens (including phenoxy) is 2. The molecule has 0 radical (unpaired) electrons. The zero-order chi connectivity index (χ0) is 17.2. The van der Waals surface area contributed by atoms with Gasteiger partial charge in [-0.05, 0) is 18.2 Å². The van der Waals surface area contributed by atoms with E-state index in [1.807, 2.05) is 4.72 Å². The maximum atomic E-state index is 11.8. The number of hydrogen-bond donors (Lipinski definition) is 2. The highest BCUT2D eigenvalue weighted by Gasteiger charge is 2.32. The van der Waals surface area contributed by atoms with E-state index in [4.69, 9.17) is 0 Å². The van der Waals surface area contributed by atoms with Crippen LogP contribution in [0.3, 0.4) is 0 Å². The molecular weight excluding hydrogens is 328 g/mol. The van der Waals surface area contributed by atoms with Crippen molar-refractivity contribution in [1.82, 2.24) is 4.72 Å². The van der Waals surface area contributed by atoms with E-state index in [0.29, 0.717) is 0 Å². The maximum absolute atomic E-state index is 11.8. The van der Waals surface area contributed by atoms with Crippen molar-refractivity contribution in [2.75, 3.05) is 19.5 Å². The second kappa shape index (κ2) is 6.08. The van der Waals surface area contributed by atoms with Crippen LogP contribution in [0, 0.1) is 0 Å². The number of benzene rings is 1. The molecule has 0 fully saturated rings. The standard InChI is InChI=1S/C13H12N2O7S/c1-21-11(16)6-9(13(18)22-2)14-7-3-4-8-10(5-7)23(19,20)15-12(8)17/h3-6,14H,1-2H3,(H,15,17)/b9-6+. The van der Waals surface area contributed by atoms with E-state index in [1.54, 1.807) is 0 Å². The van der Waals surface area contributed by atoms with E-state index < -0.39 is 27.9 Å². The first kappa shape index (κ1) is 16.5. The Morgan fingerprint density at radius 1 is 1.22 bits per heavy atom. The number of fused-ring (bicyclic) bond motifs is 1. The molecule has 1 aromatic rings. The topological polar surface area (TPSA) is 128 Å². The van der Waals surface area contributed by atoms with Gasteiger partial charge in [0.1, 0.15) is 10.6 Å². The van der Waals surface area contributed by atoms with Crippen LogP contribution >= 0.6 is 0 Å². The summed E-state index contributed by atoms with van der Waals surface area (Å²) < 4.78 is 34.3. The van der Waals surface area contributed by atoms with Crippen molar-refractivity contribution in [2.24, 2.45) is 0 Å². The summed E-state index contributed by atoms with van der Waals surface area (Å²) in [7, 11) is -1.69. The van der Waals surface area contributed by atoms with Crippen molar-refractivity contribution in [3.05, 3.63) is 35.5 Å². The average Bonchev–Trinajstić information content (AvgIpc) is 2.74. The Labute approximate surface area is 131 Å². The minimum Gasteiger partial charge on any atom is -0.466 e. The number of sulfonamides is 1. The number of esters is 2. The Morgan fingerprint density at radius 2 is 1.91 bits per heavy atom. The summed E-state index contributed by atoms with van der Waals surface area (Å²) >= 11 is 0. The summed E-state index contributed by atoms with van der Waals surface area (Å²) in [4.78, 5) is 34.2. The van der Waals surface area contributed by atoms with Gasteiger partial charge in [-0.25, -0.2) is 22.7 Å². The molecule has 0 unspecified atom stereocenters. The van der Waals surface area contributed by atoms with E-state index in [9.17, 15) is 22.8 Å². The van der Waals surface area contributed by atoms with Crippen LogP contribution in [0.15, 0.2) is 34.9 Å². The summed E-state index contributed by atoms with van der Waals surface area (Å²) in [5, 5.41) is 2.56. The summed E-state index contributed by atoms with van der Waals surface area (Å²) in [6.45, 7) is 0. The van der Waals surface area contributed by atoms with E-state index >= 15 is 0 Å². The molecule has 0 spiro atoms. The molecular formula is C13H12N2O7S. The molecule has 9 nitrogen and oxygen atoms in total. The van der Waals surface area contributed by atoms with Crippen LogP contribution in [0.2, 0.25) is 0 Å². The largest absolute Gasteiger partial charge is 0.466 e. The average molecular weight is 340 g/mol. The lowest BCUT2D eigenvalue weighted by molar-refractivity contribution is -0.138. The van der Waals surface area contributed by atoms with E-state index in [0.717, 1.165) is 26.4 Å². The molecule has 0 saturated carbocycles. The Bertz CT molecular complexity index is 827. The Hall–Kier alpha value is -2.88. The van der Waals surface area contributed by atoms with Crippen molar-refractivity contribution >= 4 is 33.6 Å². The lowest BCUT2D eigenvalue weighted by Crippen LogP contribution is -2.20. The number of methoxy groups -OCH3 is 2. The smallest absolute Gasteiger partial charge is 0.354 e. The lowest BCUT2D eigenvalue weighted by Gasteiger charge is -2.09. The van der Waals surface area contributed by atoms with Crippen LogP contribution in [0.4, 0.5) is 5.69 Å². The van der Waals surface area contributed by atoms with Gasteiger partial charge < -0.3 is 14.8 Å². The molecule has 1 aliphatic rings. The molecule has 0 saturated heterocycles. The number of amides is 1. The Morgan fingerprint density at radius 3 is 2.52 bits per heavy atom. The highest BCUT2D eigenvalue weighted by Crippen LogP contribution is 2.26. The van der Waals surface area contributed by atoms with E-state index in [1.165, 1.54) is 12.1 Å². The summed E-state index contributed by atoms with van der Waals surface area (Å²) in [6.07, 6.45) is 0.858. The summed E-state index contributed by atoms with van der Waals surface area (Å²) in [5.74, 6) is -2.39. The van der Waals surface area contributed by atoms with Crippen LogP contribution in [0.1, 0.15) is 10.4 Å². The second-order valence-corrected chi connectivity index (χ2v) is 5.99. The number of nitrogens with one attached hydrogen (secondary N) is 2. The quantitative estimate of drug-likeness (QED) is 0.568. The minimum absolute atomic E-state index is 0.00730. The van der Waals surface area contributed by atoms with Gasteiger partial charge >= 0.3 is 11.9 Å². The third-order valence-electron chi connectivity index (χ3n) is 2.89. The van der Waals surface area contributed by atoms with Crippen molar-refractivity contribution in [3.8, 4) is 0 Å². The van der Waals surface area contributed by atoms with Crippen LogP contribution < -0.4 is 10.0 Å². The third-order valence-corrected chi connectivity index (χ3v) is 4.26. The molecule has 0 aromatic heterocycles. The minimum atomic E-state index is -3.93. The first-order chi connectivity index (χ1) is 10.8. The summed E-state index contributed by atoms with van der Waals surface area (Å²) in [6, 6.07) is 3.83. The predicted octanol–water partition coefficient (Wildman–Crippen LogP) is -0.240. The van der Waals surface area contributed by atoms with Crippen molar-refractivity contribution in [3.63, 3.8) is 0 Å². The molecule has 0 atom stereocenters. The second-order valence-electron chi connectivity index (χ2n) is 4.34. The first-order valence-electron chi connectivity index (χ1n) is 6.14. The number of hydrogen-bond acceptors (Lipinski definition) is 8. The van der Waals surface area contributed by atoms with Crippen LogP contribution in [-0.4, -0.2) is 40.5 Å². The van der Waals surface area contributed by atoms with Crippen LogP contribution in [-0.2, 0) is 29.1 Å². The van der Waals surface area contributed by atoms with Gasteiger partial charge in [0, 0.05) is 5.69 Å². The van der Waals surface area contributed by atoms with Crippen LogP contribution in [0.5, 0.6) is 0 Å². The number of rotatable bonds is 4. The third kappa shape index (κ3) is 3.31. The van der Waals surface area contributed by atoms with Gasteiger partial charge in [0.05, 0.1) is 25.9 Å². The molecule has 2 rings (SSSR count). The number of carbonyl (C=O) groups is 3. The molecule has 1 heterocycles. The molecule has 0 aliphatic carbocycles. The van der Waals surface area contributed by atoms with Gasteiger partial charge in [-0.15, -0.1) is 0 Å².